The van der Waals surface area contributed by atoms with Crippen molar-refractivity contribution in [2.75, 3.05) is 17.2 Å². The van der Waals surface area contributed by atoms with E-state index in [0.717, 1.165) is 6.54 Å². The Hall–Kier alpha value is -2.32. The van der Waals surface area contributed by atoms with Gasteiger partial charge in [-0.2, -0.15) is 10.2 Å². The van der Waals surface area contributed by atoms with Crippen molar-refractivity contribution in [3.05, 3.63) is 41.0 Å². The molecule has 1 aromatic heterocycles. The van der Waals surface area contributed by atoms with E-state index < -0.39 is 0 Å². The van der Waals surface area contributed by atoms with Crippen LogP contribution in [0.25, 0.3) is 0 Å². The molecule has 0 aliphatic rings. The van der Waals surface area contributed by atoms with Crippen molar-refractivity contribution in [1.29, 1.82) is 5.26 Å². The maximum absolute atomic E-state index is 8.78. The first-order valence-electron chi connectivity index (χ1n) is 5.76. The number of nitrogens with zero attached hydrogens (tertiary/aromatic N) is 3. The molecule has 0 spiro atoms. The molecule has 0 atom stereocenters. The van der Waals surface area contributed by atoms with Crippen molar-refractivity contribution in [2.45, 2.75) is 6.92 Å². The van der Waals surface area contributed by atoms with Crippen LogP contribution in [0.2, 0.25) is 5.02 Å². The van der Waals surface area contributed by atoms with Crippen LogP contribution < -0.4 is 10.6 Å². The third-order valence-electron chi connectivity index (χ3n) is 2.35. The van der Waals surface area contributed by atoms with Crippen molar-refractivity contribution in [2.24, 2.45) is 0 Å². The SMILES string of the molecule is CCNc1nccc(Nc2ccc(C#N)cc2Cl)n1. The topological polar surface area (TPSA) is 73.6 Å². The lowest BCUT2D eigenvalue weighted by atomic mass is 10.2. The third kappa shape index (κ3) is 3.33. The molecule has 0 saturated carbocycles. The molecule has 6 heteroatoms. The first-order valence-corrected chi connectivity index (χ1v) is 6.14. The van der Waals surface area contributed by atoms with Gasteiger partial charge in [0, 0.05) is 12.7 Å². The molecule has 0 bridgehead atoms. The largest absolute Gasteiger partial charge is 0.354 e. The molecule has 2 aromatic rings. The Morgan fingerprint density at radius 2 is 2.21 bits per heavy atom. The summed E-state index contributed by atoms with van der Waals surface area (Å²) >= 11 is 6.09. The van der Waals surface area contributed by atoms with E-state index in [1.165, 1.54) is 0 Å². The van der Waals surface area contributed by atoms with Gasteiger partial charge in [0.05, 0.1) is 22.3 Å². The van der Waals surface area contributed by atoms with Crippen LogP contribution in [0.15, 0.2) is 30.5 Å². The van der Waals surface area contributed by atoms with E-state index in [2.05, 4.69) is 20.6 Å². The number of halogens is 1. The molecule has 0 saturated heterocycles. The van der Waals surface area contributed by atoms with Crippen molar-refractivity contribution >= 4 is 29.1 Å². The predicted octanol–water partition coefficient (Wildman–Crippen LogP) is 3.18. The average molecular weight is 274 g/mol. The van der Waals surface area contributed by atoms with E-state index in [0.29, 0.717) is 28.0 Å². The van der Waals surface area contributed by atoms with E-state index >= 15 is 0 Å². The third-order valence-corrected chi connectivity index (χ3v) is 2.66. The second-order valence-corrected chi connectivity index (χ2v) is 4.13. The molecule has 0 aliphatic heterocycles. The molecule has 19 heavy (non-hydrogen) atoms. The number of benzene rings is 1. The summed E-state index contributed by atoms with van der Waals surface area (Å²) in [6.45, 7) is 2.72. The highest BCUT2D eigenvalue weighted by molar-refractivity contribution is 6.33. The van der Waals surface area contributed by atoms with Gasteiger partial charge >= 0.3 is 0 Å². The Morgan fingerprint density at radius 1 is 1.37 bits per heavy atom. The molecule has 0 fully saturated rings. The number of hydrogen-bond acceptors (Lipinski definition) is 5. The molecular weight excluding hydrogens is 262 g/mol. The Labute approximate surface area is 116 Å². The summed E-state index contributed by atoms with van der Waals surface area (Å²) in [7, 11) is 0. The van der Waals surface area contributed by atoms with Gasteiger partial charge in [-0.15, -0.1) is 0 Å². The maximum Gasteiger partial charge on any atom is 0.224 e. The monoisotopic (exact) mass is 273 g/mol. The highest BCUT2D eigenvalue weighted by atomic mass is 35.5. The molecule has 0 amide bonds. The highest BCUT2D eigenvalue weighted by Crippen LogP contribution is 2.25. The zero-order valence-corrected chi connectivity index (χ0v) is 11.1. The second-order valence-electron chi connectivity index (χ2n) is 3.73. The van der Waals surface area contributed by atoms with E-state index in [9.17, 15) is 0 Å². The quantitative estimate of drug-likeness (QED) is 0.895. The molecule has 1 aromatic carbocycles. The number of rotatable bonds is 4. The number of nitrogens with one attached hydrogen (secondary N) is 2. The van der Waals surface area contributed by atoms with Crippen LogP contribution in [0.5, 0.6) is 0 Å². The van der Waals surface area contributed by atoms with Gasteiger partial charge in [0.15, 0.2) is 0 Å². The minimum Gasteiger partial charge on any atom is -0.354 e. The molecular formula is C13H12ClN5. The Balaban J connectivity index is 2.21. The van der Waals surface area contributed by atoms with E-state index in [1.54, 1.807) is 30.5 Å². The summed E-state index contributed by atoms with van der Waals surface area (Å²) < 4.78 is 0. The number of aromatic nitrogens is 2. The molecule has 0 unspecified atom stereocenters. The lowest BCUT2D eigenvalue weighted by molar-refractivity contribution is 1.09. The lowest BCUT2D eigenvalue weighted by Gasteiger charge is -2.09. The minimum atomic E-state index is 0.475. The van der Waals surface area contributed by atoms with Gasteiger partial charge in [0.25, 0.3) is 0 Å². The van der Waals surface area contributed by atoms with Crippen molar-refractivity contribution in [3.63, 3.8) is 0 Å². The molecule has 5 nitrogen and oxygen atoms in total. The summed E-state index contributed by atoms with van der Waals surface area (Å²) in [5.41, 5.74) is 1.22. The van der Waals surface area contributed by atoms with Gasteiger partial charge in [-0.05, 0) is 31.2 Å². The Bertz CT molecular complexity index is 621. The lowest BCUT2D eigenvalue weighted by Crippen LogP contribution is -2.03. The Kier molecular flexibility index (Phi) is 4.16. The fourth-order valence-electron chi connectivity index (χ4n) is 1.50. The fourth-order valence-corrected chi connectivity index (χ4v) is 1.72. The summed E-state index contributed by atoms with van der Waals surface area (Å²) in [5.74, 6) is 1.19. The van der Waals surface area contributed by atoms with Crippen molar-refractivity contribution in [3.8, 4) is 6.07 Å². The van der Waals surface area contributed by atoms with E-state index in [-0.39, 0.29) is 0 Å². The molecule has 2 N–H and O–H groups in total. The van der Waals surface area contributed by atoms with Crippen molar-refractivity contribution < 1.29 is 0 Å². The summed E-state index contributed by atoms with van der Waals surface area (Å²) in [6, 6.07) is 8.83. The zero-order valence-electron chi connectivity index (χ0n) is 10.3. The minimum absolute atomic E-state index is 0.475. The van der Waals surface area contributed by atoms with Crippen molar-refractivity contribution in [1.82, 2.24) is 9.97 Å². The fraction of sp³-hybridized carbons (Fsp3) is 0.154. The van der Waals surface area contributed by atoms with Gasteiger partial charge in [-0.25, -0.2) is 4.98 Å². The number of anilines is 3. The molecule has 1 heterocycles. The molecule has 96 valence electrons. The van der Waals surface area contributed by atoms with Crippen LogP contribution in [0.1, 0.15) is 12.5 Å². The Morgan fingerprint density at radius 3 is 2.89 bits per heavy atom. The summed E-state index contributed by atoms with van der Waals surface area (Å²) in [6.07, 6.45) is 1.66. The maximum atomic E-state index is 8.78. The highest BCUT2D eigenvalue weighted by Gasteiger charge is 2.04. The summed E-state index contributed by atoms with van der Waals surface area (Å²) in [5, 5.41) is 15.4. The normalized spacial score (nSPS) is 9.74. The van der Waals surface area contributed by atoms with Crippen LogP contribution >= 0.6 is 11.6 Å². The number of hydrogen-bond donors (Lipinski definition) is 2. The van der Waals surface area contributed by atoms with E-state index in [1.807, 2.05) is 13.0 Å². The van der Waals surface area contributed by atoms with Crippen LogP contribution in [0.4, 0.5) is 17.5 Å². The smallest absolute Gasteiger partial charge is 0.224 e. The van der Waals surface area contributed by atoms with E-state index in [4.69, 9.17) is 16.9 Å². The first-order chi connectivity index (χ1) is 9.22. The van der Waals surface area contributed by atoms with Crippen LogP contribution in [0, 0.1) is 11.3 Å². The van der Waals surface area contributed by atoms with Gasteiger partial charge < -0.3 is 10.6 Å². The average Bonchev–Trinajstić information content (AvgIpc) is 2.42. The molecule has 2 rings (SSSR count). The van der Waals surface area contributed by atoms with Crippen LogP contribution in [-0.2, 0) is 0 Å². The van der Waals surface area contributed by atoms with Gasteiger partial charge in [0.1, 0.15) is 5.82 Å². The first kappa shape index (κ1) is 13.1. The second kappa shape index (κ2) is 6.03. The zero-order chi connectivity index (χ0) is 13.7. The number of nitriles is 1. The summed E-state index contributed by atoms with van der Waals surface area (Å²) in [4.78, 5) is 8.37. The van der Waals surface area contributed by atoms with Crippen LogP contribution in [0.3, 0.4) is 0 Å². The van der Waals surface area contributed by atoms with Gasteiger partial charge in [-0.1, -0.05) is 11.6 Å². The van der Waals surface area contributed by atoms with Crippen LogP contribution in [-0.4, -0.2) is 16.5 Å². The van der Waals surface area contributed by atoms with Gasteiger partial charge in [-0.3, -0.25) is 0 Å². The predicted molar refractivity (Wildman–Crippen MR) is 75.6 cm³/mol. The van der Waals surface area contributed by atoms with Gasteiger partial charge in [0.2, 0.25) is 5.95 Å². The molecule has 0 aliphatic carbocycles. The molecule has 0 radical (unpaired) electrons. The standard InChI is InChI=1S/C13H12ClN5/c1-2-16-13-17-6-5-12(19-13)18-11-4-3-9(8-15)7-10(11)14/h3-7H,2H2,1H3,(H2,16,17,18,19).